The van der Waals surface area contributed by atoms with Crippen LogP contribution in [0.5, 0.6) is 0 Å². The Bertz CT molecular complexity index is 181. The molecule has 0 bridgehead atoms. The van der Waals surface area contributed by atoms with Crippen LogP contribution in [0.1, 0.15) is 12.8 Å². The number of hydrogen-bond acceptors (Lipinski definition) is 2. The number of nitrogens with zero attached hydrogens (tertiary/aromatic N) is 1. The zero-order valence-corrected chi connectivity index (χ0v) is 6.91. The lowest BCUT2D eigenvalue weighted by atomic mass is 10.1. The fourth-order valence-corrected chi connectivity index (χ4v) is 1.82. The average molecular weight is 155 g/mol. The van der Waals surface area contributed by atoms with Crippen molar-refractivity contribution >= 4 is 5.91 Å². The summed E-state index contributed by atoms with van der Waals surface area (Å²) in [5.41, 5.74) is 0. The Morgan fingerprint density at radius 3 is 2.36 bits per heavy atom. The molecule has 1 amide bonds. The van der Waals surface area contributed by atoms with Gasteiger partial charge in [0.25, 0.3) is 0 Å². The van der Waals surface area contributed by atoms with Crippen molar-refractivity contribution in [3.05, 3.63) is 0 Å². The summed E-state index contributed by atoms with van der Waals surface area (Å²) in [4.78, 5) is 13.1. The monoisotopic (exact) mass is 155 g/mol. The molecule has 3 heteroatoms. The third-order valence-corrected chi connectivity index (χ3v) is 2.51. The van der Waals surface area contributed by atoms with Gasteiger partial charge in [-0.05, 0) is 12.8 Å². The van der Waals surface area contributed by atoms with E-state index >= 15 is 0 Å². The molecule has 2 rings (SSSR count). The number of ether oxygens (including phenoxy) is 1. The van der Waals surface area contributed by atoms with Gasteiger partial charge in [-0.2, -0.15) is 0 Å². The van der Waals surface area contributed by atoms with Gasteiger partial charge in [0.2, 0.25) is 5.91 Å². The lowest BCUT2D eigenvalue weighted by Crippen LogP contribution is -2.29. The molecule has 0 spiro atoms. The van der Waals surface area contributed by atoms with Crippen LogP contribution in [0.4, 0.5) is 0 Å². The summed E-state index contributed by atoms with van der Waals surface area (Å²) in [6.45, 7) is 0. The fraction of sp³-hybridized carbons (Fsp3) is 0.875. The zero-order chi connectivity index (χ0) is 8.01. The predicted molar refractivity (Wildman–Crippen MR) is 40.1 cm³/mol. The molecule has 0 aromatic carbocycles. The Morgan fingerprint density at radius 1 is 1.36 bits per heavy atom. The molecule has 62 valence electrons. The molecule has 0 radical (unpaired) electrons. The molecule has 11 heavy (non-hydrogen) atoms. The maximum Gasteiger partial charge on any atom is 0.225 e. The van der Waals surface area contributed by atoms with Crippen LogP contribution in [0, 0.1) is 5.92 Å². The number of carbonyl (C=O) groups excluding carboxylic acids is 1. The first-order valence-corrected chi connectivity index (χ1v) is 4.05. The average Bonchev–Trinajstić information content (AvgIpc) is 2.57. The zero-order valence-electron chi connectivity index (χ0n) is 6.91. The van der Waals surface area contributed by atoms with Gasteiger partial charge in [0, 0.05) is 20.0 Å². The van der Waals surface area contributed by atoms with Crippen LogP contribution in [0.3, 0.4) is 0 Å². The molecule has 3 atom stereocenters. The quantitative estimate of drug-likeness (QED) is 0.508. The topological polar surface area (TPSA) is 32.8 Å². The highest BCUT2D eigenvalue weighted by atomic mass is 16.6. The summed E-state index contributed by atoms with van der Waals surface area (Å²) in [6, 6.07) is 0. The van der Waals surface area contributed by atoms with Gasteiger partial charge in [0.1, 0.15) is 0 Å². The third kappa shape index (κ3) is 1.13. The Morgan fingerprint density at radius 2 is 1.91 bits per heavy atom. The van der Waals surface area contributed by atoms with Gasteiger partial charge in [0.05, 0.1) is 12.2 Å². The van der Waals surface area contributed by atoms with Crippen LogP contribution >= 0.6 is 0 Å². The molecular weight excluding hydrogens is 142 g/mol. The van der Waals surface area contributed by atoms with Crippen molar-refractivity contribution < 1.29 is 9.53 Å². The van der Waals surface area contributed by atoms with E-state index in [4.69, 9.17) is 4.74 Å². The van der Waals surface area contributed by atoms with E-state index in [9.17, 15) is 4.79 Å². The molecule has 0 N–H and O–H groups in total. The highest BCUT2D eigenvalue weighted by molar-refractivity contribution is 5.78. The maximum atomic E-state index is 11.4. The van der Waals surface area contributed by atoms with Gasteiger partial charge in [-0.25, -0.2) is 0 Å². The van der Waals surface area contributed by atoms with Crippen LogP contribution in [0.2, 0.25) is 0 Å². The molecule has 2 unspecified atom stereocenters. The van der Waals surface area contributed by atoms with Crippen LogP contribution in [-0.2, 0) is 9.53 Å². The minimum atomic E-state index is 0.244. The Balaban J connectivity index is 1.92. The largest absolute Gasteiger partial charge is 0.370 e. The summed E-state index contributed by atoms with van der Waals surface area (Å²) in [7, 11) is 3.63. The Hall–Kier alpha value is -0.570. The molecule has 1 aliphatic carbocycles. The van der Waals surface area contributed by atoms with Crippen molar-refractivity contribution in [1.29, 1.82) is 0 Å². The van der Waals surface area contributed by atoms with E-state index in [0.717, 1.165) is 12.8 Å². The van der Waals surface area contributed by atoms with E-state index in [1.807, 2.05) is 14.1 Å². The molecule has 0 aromatic heterocycles. The molecule has 0 aromatic rings. The number of carbonyl (C=O) groups is 1. The number of amides is 1. The van der Waals surface area contributed by atoms with Crippen molar-refractivity contribution in [2.75, 3.05) is 14.1 Å². The third-order valence-electron chi connectivity index (χ3n) is 2.51. The number of fused-ring (bicyclic) bond motifs is 1. The van der Waals surface area contributed by atoms with Crippen LogP contribution in [0.25, 0.3) is 0 Å². The van der Waals surface area contributed by atoms with Crippen LogP contribution in [0.15, 0.2) is 0 Å². The van der Waals surface area contributed by atoms with Crippen molar-refractivity contribution in [2.24, 2.45) is 5.92 Å². The number of epoxide rings is 1. The first-order chi connectivity index (χ1) is 5.18. The summed E-state index contributed by atoms with van der Waals surface area (Å²) in [5.74, 6) is 0.509. The highest BCUT2D eigenvalue weighted by Crippen LogP contribution is 2.42. The second kappa shape index (κ2) is 2.21. The van der Waals surface area contributed by atoms with E-state index in [1.165, 1.54) is 0 Å². The van der Waals surface area contributed by atoms with Crippen molar-refractivity contribution in [1.82, 2.24) is 4.90 Å². The second-order valence-corrected chi connectivity index (χ2v) is 3.61. The standard InChI is InChI=1S/C8H13NO2/c1-9(2)8(10)5-3-6-7(4-5)11-6/h5-7H,3-4H2,1-2H3/t5?,6-,7?/m1/s1. The maximum absolute atomic E-state index is 11.4. The van der Waals surface area contributed by atoms with Crippen molar-refractivity contribution in [2.45, 2.75) is 25.0 Å². The summed E-state index contributed by atoms with van der Waals surface area (Å²) < 4.78 is 5.24. The second-order valence-electron chi connectivity index (χ2n) is 3.61. The first-order valence-electron chi connectivity index (χ1n) is 4.05. The summed E-state index contributed by atoms with van der Waals surface area (Å²) in [6.07, 6.45) is 2.73. The molecule has 1 heterocycles. The fourth-order valence-electron chi connectivity index (χ4n) is 1.82. The molecule has 3 nitrogen and oxygen atoms in total. The van der Waals surface area contributed by atoms with Crippen LogP contribution in [-0.4, -0.2) is 37.1 Å². The molecule has 2 aliphatic rings. The van der Waals surface area contributed by atoms with E-state index in [1.54, 1.807) is 4.90 Å². The normalized spacial score (nSPS) is 40.0. The SMILES string of the molecule is CN(C)C(=O)C1CC2O[C@@H]2C1. The smallest absolute Gasteiger partial charge is 0.225 e. The van der Waals surface area contributed by atoms with Crippen molar-refractivity contribution in [3.63, 3.8) is 0 Å². The van der Waals surface area contributed by atoms with Gasteiger partial charge < -0.3 is 9.64 Å². The van der Waals surface area contributed by atoms with E-state index in [2.05, 4.69) is 0 Å². The molecule has 1 aliphatic heterocycles. The van der Waals surface area contributed by atoms with E-state index in [0.29, 0.717) is 12.2 Å². The van der Waals surface area contributed by atoms with Gasteiger partial charge in [-0.1, -0.05) is 0 Å². The van der Waals surface area contributed by atoms with Gasteiger partial charge in [0.15, 0.2) is 0 Å². The van der Waals surface area contributed by atoms with E-state index in [-0.39, 0.29) is 11.8 Å². The minimum Gasteiger partial charge on any atom is -0.370 e. The molecule has 2 fully saturated rings. The lowest BCUT2D eigenvalue weighted by molar-refractivity contribution is -0.133. The van der Waals surface area contributed by atoms with Gasteiger partial charge in [-0.3, -0.25) is 4.79 Å². The summed E-state index contributed by atoms with van der Waals surface area (Å²) in [5, 5.41) is 0. The number of hydrogen-bond donors (Lipinski definition) is 0. The Labute approximate surface area is 66.3 Å². The number of rotatable bonds is 1. The van der Waals surface area contributed by atoms with Gasteiger partial charge in [-0.15, -0.1) is 0 Å². The van der Waals surface area contributed by atoms with Crippen molar-refractivity contribution in [3.8, 4) is 0 Å². The summed E-state index contributed by atoms with van der Waals surface area (Å²) >= 11 is 0. The molecule has 1 saturated carbocycles. The minimum absolute atomic E-state index is 0.244. The highest BCUT2D eigenvalue weighted by Gasteiger charge is 2.50. The Kier molecular flexibility index (Phi) is 1.42. The molecule has 1 saturated heterocycles. The predicted octanol–water partition coefficient (Wildman–Crippen LogP) is 0.252. The van der Waals surface area contributed by atoms with E-state index < -0.39 is 0 Å². The van der Waals surface area contributed by atoms with Crippen LogP contribution < -0.4 is 0 Å². The van der Waals surface area contributed by atoms with Gasteiger partial charge >= 0.3 is 0 Å². The lowest BCUT2D eigenvalue weighted by Gasteiger charge is -2.16. The first kappa shape index (κ1) is 7.10. The molecular formula is C8H13NO2.